The Hall–Kier alpha value is -1.68. The number of hydrogen-bond donors (Lipinski definition) is 1. The molecule has 0 atom stereocenters. The molecule has 1 N–H and O–H groups in total. The quantitative estimate of drug-likeness (QED) is 0.896. The Bertz CT molecular complexity index is 561. The van der Waals surface area contributed by atoms with Gasteiger partial charge in [0.15, 0.2) is 0 Å². The molecule has 1 aromatic heterocycles. The molecule has 0 aliphatic heterocycles. The first-order valence-electron chi connectivity index (χ1n) is 6.69. The van der Waals surface area contributed by atoms with Gasteiger partial charge in [0.25, 0.3) is 0 Å². The number of nitrogens with zero attached hydrogens (tertiary/aromatic N) is 2. The number of aryl methyl sites for hydroxylation is 2. The maximum atomic E-state index is 13.5. The van der Waals surface area contributed by atoms with Crippen molar-refractivity contribution < 1.29 is 4.39 Å². The van der Waals surface area contributed by atoms with Gasteiger partial charge in [-0.15, -0.1) is 0 Å². The van der Waals surface area contributed by atoms with E-state index in [0.717, 1.165) is 42.0 Å². The summed E-state index contributed by atoms with van der Waals surface area (Å²) in [5.41, 5.74) is 3.97. The fourth-order valence-electron chi connectivity index (χ4n) is 2.16. The molecular formula is C15H20FN3. The lowest BCUT2D eigenvalue weighted by Gasteiger charge is -2.09. The summed E-state index contributed by atoms with van der Waals surface area (Å²) in [5, 5.41) is 7.72. The van der Waals surface area contributed by atoms with Gasteiger partial charge in [-0.05, 0) is 43.7 Å². The zero-order valence-electron chi connectivity index (χ0n) is 11.7. The van der Waals surface area contributed by atoms with Crippen molar-refractivity contribution in [1.29, 1.82) is 0 Å². The Morgan fingerprint density at radius 2 is 2.05 bits per heavy atom. The maximum absolute atomic E-state index is 13.5. The van der Waals surface area contributed by atoms with E-state index in [1.807, 2.05) is 30.8 Å². The van der Waals surface area contributed by atoms with Crippen LogP contribution >= 0.6 is 0 Å². The molecule has 3 nitrogen and oxygen atoms in total. The van der Waals surface area contributed by atoms with Crippen molar-refractivity contribution in [3.63, 3.8) is 0 Å². The minimum atomic E-state index is -0.209. The van der Waals surface area contributed by atoms with Crippen molar-refractivity contribution in [2.24, 2.45) is 0 Å². The molecule has 0 amide bonds. The fraction of sp³-hybridized carbons (Fsp3) is 0.400. The van der Waals surface area contributed by atoms with E-state index in [4.69, 9.17) is 0 Å². The topological polar surface area (TPSA) is 29.9 Å². The lowest BCUT2D eigenvalue weighted by Crippen LogP contribution is -2.12. The molecule has 19 heavy (non-hydrogen) atoms. The van der Waals surface area contributed by atoms with E-state index in [0.29, 0.717) is 0 Å². The van der Waals surface area contributed by atoms with E-state index in [1.165, 1.54) is 6.07 Å². The fourth-order valence-corrected chi connectivity index (χ4v) is 2.16. The number of hydrogen-bond acceptors (Lipinski definition) is 2. The van der Waals surface area contributed by atoms with Crippen molar-refractivity contribution in [2.75, 3.05) is 6.54 Å². The third-order valence-electron chi connectivity index (χ3n) is 3.20. The van der Waals surface area contributed by atoms with Gasteiger partial charge in [0.1, 0.15) is 5.82 Å². The average molecular weight is 261 g/mol. The van der Waals surface area contributed by atoms with E-state index in [-0.39, 0.29) is 5.82 Å². The molecule has 1 aromatic carbocycles. The van der Waals surface area contributed by atoms with Gasteiger partial charge in [0.05, 0.1) is 5.69 Å². The molecule has 1 heterocycles. The molecule has 0 saturated carbocycles. The van der Waals surface area contributed by atoms with Gasteiger partial charge in [-0.25, -0.2) is 4.39 Å². The van der Waals surface area contributed by atoms with Crippen LogP contribution in [-0.4, -0.2) is 16.3 Å². The Kier molecular flexibility index (Phi) is 4.32. The SMILES string of the molecule is CCNCc1ccc(F)cc1-c1cn(CC)nc1C. The summed E-state index contributed by atoms with van der Waals surface area (Å²) in [6.07, 6.45) is 1.99. The monoisotopic (exact) mass is 261 g/mol. The highest BCUT2D eigenvalue weighted by Gasteiger charge is 2.12. The predicted molar refractivity (Wildman–Crippen MR) is 75.4 cm³/mol. The second kappa shape index (κ2) is 5.97. The summed E-state index contributed by atoms with van der Waals surface area (Å²) in [4.78, 5) is 0. The molecule has 0 radical (unpaired) electrons. The second-order valence-corrected chi connectivity index (χ2v) is 4.57. The van der Waals surface area contributed by atoms with Crippen LogP contribution in [0, 0.1) is 12.7 Å². The molecule has 102 valence electrons. The van der Waals surface area contributed by atoms with Gasteiger partial charge in [0, 0.05) is 24.8 Å². The summed E-state index contributed by atoms with van der Waals surface area (Å²) >= 11 is 0. The van der Waals surface area contributed by atoms with Gasteiger partial charge in [0.2, 0.25) is 0 Å². The zero-order chi connectivity index (χ0) is 13.8. The van der Waals surface area contributed by atoms with Crippen LogP contribution in [0.5, 0.6) is 0 Å². The normalized spacial score (nSPS) is 10.9. The van der Waals surface area contributed by atoms with Gasteiger partial charge < -0.3 is 5.32 Å². The highest BCUT2D eigenvalue weighted by molar-refractivity contribution is 5.69. The molecule has 2 aromatic rings. The Labute approximate surface area is 113 Å². The van der Waals surface area contributed by atoms with Crippen LogP contribution in [-0.2, 0) is 13.1 Å². The molecule has 0 fully saturated rings. The third kappa shape index (κ3) is 3.01. The number of rotatable bonds is 5. The van der Waals surface area contributed by atoms with Crippen LogP contribution in [0.3, 0.4) is 0 Å². The minimum absolute atomic E-state index is 0.209. The number of nitrogens with one attached hydrogen (secondary N) is 1. The standard InChI is InChI=1S/C15H20FN3/c1-4-17-9-12-6-7-13(16)8-14(12)15-10-19(5-2)18-11(15)3/h6-8,10,17H,4-5,9H2,1-3H3. The molecule has 4 heteroatoms. The highest BCUT2D eigenvalue weighted by Crippen LogP contribution is 2.27. The molecule has 2 rings (SSSR count). The number of aromatic nitrogens is 2. The van der Waals surface area contributed by atoms with Crippen LogP contribution in [0.2, 0.25) is 0 Å². The van der Waals surface area contributed by atoms with Crippen molar-refractivity contribution in [1.82, 2.24) is 15.1 Å². The summed E-state index contributed by atoms with van der Waals surface area (Å²) in [7, 11) is 0. The van der Waals surface area contributed by atoms with Gasteiger partial charge in [-0.3, -0.25) is 4.68 Å². The predicted octanol–water partition coefficient (Wildman–Crippen LogP) is 3.13. The van der Waals surface area contributed by atoms with Crippen LogP contribution in [0.15, 0.2) is 24.4 Å². The molecule has 0 unspecified atom stereocenters. The van der Waals surface area contributed by atoms with E-state index in [2.05, 4.69) is 17.3 Å². The van der Waals surface area contributed by atoms with Crippen molar-refractivity contribution in [2.45, 2.75) is 33.9 Å². The lowest BCUT2D eigenvalue weighted by atomic mass is 10.00. The van der Waals surface area contributed by atoms with Gasteiger partial charge >= 0.3 is 0 Å². The first-order chi connectivity index (χ1) is 9.15. The van der Waals surface area contributed by atoms with E-state index in [1.54, 1.807) is 6.07 Å². The zero-order valence-corrected chi connectivity index (χ0v) is 11.7. The third-order valence-corrected chi connectivity index (χ3v) is 3.20. The summed E-state index contributed by atoms with van der Waals surface area (Å²) < 4.78 is 15.4. The Morgan fingerprint density at radius 3 is 2.68 bits per heavy atom. The molecule has 0 aliphatic rings. The van der Waals surface area contributed by atoms with E-state index >= 15 is 0 Å². The van der Waals surface area contributed by atoms with Crippen LogP contribution in [0.25, 0.3) is 11.1 Å². The maximum Gasteiger partial charge on any atom is 0.123 e. The first-order valence-corrected chi connectivity index (χ1v) is 6.69. The molecular weight excluding hydrogens is 241 g/mol. The van der Waals surface area contributed by atoms with Crippen molar-refractivity contribution in [3.8, 4) is 11.1 Å². The van der Waals surface area contributed by atoms with E-state index < -0.39 is 0 Å². The van der Waals surface area contributed by atoms with Crippen molar-refractivity contribution >= 4 is 0 Å². The van der Waals surface area contributed by atoms with Crippen LogP contribution in [0.4, 0.5) is 4.39 Å². The minimum Gasteiger partial charge on any atom is -0.313 e. The Morgan fingerprint density at radius 1 is 1.26 bits per heavy atom. The first kappa shape index (κ1) is 13.7. The summed E-state index contributed by atoms with van der Waals surface area (Å²) in [5.74, 6) is -0.209. The van der Waals surface area contributed by atoms with Crippen molar-refractivity contribution in [3.05, 3.63) is 41.5 Å². The molecule has 0 saturated heterocycles. The Balaban J connectivity index is 2.46. The highest BCUT2D eigenvalue weighted by atomic mass is 19.1. The average Bonchev–Trinajstić information content (AvgIpc) is 2.78. The summed E-state index contributed by atoms with van der Waals surface area (Å²) in [6.45, 7) is 8.51. The largest absolute Gasteiger partial charge is 0.313 e. The number of benzene rings is 1. The van der Waals surface area contributed by atoms with Gasteiger partial charge in [-0.2, -0.15) is 5.10 Å². The van der Waals surface area contributed by atoms with Crippen LogP contribution < -0.4 is 5.32 Å². The lowest BCUT2D eigenvalue weighted by molar-refractivity contribution is 0.626. The number of halogens is 1. The second-order valence-electron chi connectivity index (χ2n) is 4.57. The molecule has 0 bridgehead atoms. The van der Waals surface area contributed by atoms with E-state index in [9.17, 15) is 4.39 Å². The molecule has 0 aliphatic carbocycles. The summed E-state index contributed by atoms with van der Waals surface area (Å²) in [6, 6.07) is 4.95. The molecule has 0 spiro atoms. The van der Waals surface area contributed by atoms with Gasteiger partial charge in [-0.1, -0.05) is 13.0 Å². The van der Waals surface area contributed by atoms with Crippen LogP contribution in [0.1, 0.15) is 25.1 Å². The smallest absolute Gasteiger partial charge is 0.123 e.